The molecule has 0 bridgehead atoms. The first-order valence-electron chi connectivity index (χ1n) is 4.88. The van der Waals surface area contributed by atoms with Crippen molar-refractivity contribution in [2.24, 2.45) is 5.92 Å². The molecule has 0 aliphatic carbocycles. The van der Waals surface area contributed by atoms with Crippen molar-refractivity contribution in [3.8, 4) is 0 Å². The second-order valence-electron chi connectivity index (χ2n) is 4.26. The highest BCUT2D eigenvalue weighted by Gasteiger charge is 2.31. The molecule has 0 radical (unpaired) electrons. The molecule has 2 aliphatic rings. The second kappa shape index (κ2) is 3.32. The summed E-state index contributed by atoms with van der Waals surface area (Å²) in [7, 11) is 0. The van der Waals surface area contributed by atoms with Crippen LogP contribution in [0.4, 0.5) is 0 Å². The van der Waals surface area contributed by atoms with Gasteiger partial charge < -0.3 is 10.4 Å². The fraction of sp³-hybridized carbons (Fsp3) is 1.00. The molecule has 70 valence electrons. The second-order valence-corrected chi connectivity index (χ2v) is 4.26. The van der Waals surface area contributed by atoms with E-state index in [-0.39, 0.29) is 6.10 Å². The topological polar surface area (TPSA) is 35.5 Å². The lowest BCUT2D eigenvalue weighted by Crippen LogP contribution is -2.60. The summed E-state index contributed by atoms with van der Waals surface area (Å²) < 4.78 is 0. The zero-order valence-electron chi connectivity index (χ0n) is 7.66. The van der Waals surface area contributed by atoms with Gasteiger partial charge in [-0.3, -0.25) is 4.90 Å². The van der Waals surface area contributed by atoms with Crippen LogP contribution in [0.2, 0.25) is 0 Å². The van der Waals surface area contributed by atoms with Gasteiger partial charge in [0.15, 0.2) is 0 Å². The average molecular weight is 170 g/mol. The molecule has 0 unspecified atom stereocenters. The summed E-state index contributed by atoms with van der Waals surface area (Å²) >= 11 is 0. The SMILES string of the molecule is C[C@@H]1C[C@H](O)CN(C2CNC2)C1. The number of nitrogens with one attached hydrogen (secondary N) is 1. The fourth-order valence-electron chi connectivity index (χ4n) is 2.19. The van der Waals surface area contributed by atoms with Gasteiger partial charge in [0.25, 0.3) is 0 Å². The van der Waals surface area contributed by atoms with Crippen molar-refractivity contribution in [1.82, 2.24) is 10.2 Å². The number of hydrogen-bond donors (Lipinski definition) is 2. The highest BCUT2D eigenvalue weighted by Crippen LogP contribution is 2.19. The lowest BCUT2D eigenvalue weighted by atomic mass is 9.95. The number of hydrogen-bond acceptors (Lipinski definition) is 3. The Morgan fingerprint density at radius 3 is 2.58 bits per heavy atom. The quantitative estimate of drug-likeness (QED) is 0.565. The number of nitrogens with zero attached hydrogens (tertiary/aromatic N) is 1. The van der Waals surface area contributed by atoms with Crippen LogP contribution in [-0.4, -0.2) is 48.3 Å². The van der Waals surface area contributed by atoms with Crippen molar-refractivity contribution in [2.45, 2.75) is 25.5 Å². The van der Waals surface area contributed by atoms with E-state index >= 15 is 0 Å². The molecule has 2 aliphatic heterocycles. The smallest absolute Gasteiger partial charge is 0.0670 e. The molecule has 3 nitrogen and oxygen atoms in total. The minimum absolute atomic E-state index is 0.0886. The monoisotopic (exact) mass is 170 g/mol. The van der Waals surface area contributed by atoms with Crippen molar-refractivity contribution in [1.29, 1.82) is 0 Å². The average Bonchev–Trinajstić information content (AvgIpc) is 1.79. The Kier molecular flexibility index (Phi) is 2.35. The van der Waals surface area contributed by atoms with E-state index in [9.17, 15) is 5.11 Å². The van der Waals surface area contributed by atoms with Gasteiger partial charge in [0.1, 0.15) is 0 Å². The van der Waals surface area contributed by atoms with Crippen LogP contribution < -0.4 is 5.32 Å². The Morgan fingerprint density at radius 1 is 1.33 bits per heavy atom. The molecule has 2 rings (SSSR count). The van der Waals surface area contributed by atoms with Gasteiger partial charge in [0.05, 0.1) is 6.10 Å². The van der Waals surface area contributed by atoms with Crippen LogP contribution in [-0.2, 0) is 0 Å². The van der Waals surface area contributed by atoms with E-state index in [0.29, 0.717) is 12.0 Å². The normalized spacial score (nSPS) is 39.5. The minimum atomic E-state index is -0.0886. The summed E-state index contributed by atoms with van der Waals surface area (Å²) in [5.41, 5.74) is 0. The van der Waals surface area contributed by atoms with E-state index in [1.54, 1.807) is 0 Å². The molecule has 0 aromatic heterocycles. The van der Waals surface area contributed by atoms with E-state index in [0.717, 1.165) is 26.1 Å². The highest BCUT2D eigenvalue weighted by atomic mass is 16.3. The number of aliphatic hydroxyl groups excluding tert-OH is 1. The molecule has 2 atom stereocenters. The minimum Gasteiger partial charge on any atom is -0.392 e. The predicted octanol–water partition coefficient (Wildman–Crippen LogP) is -0.339. The maximum absolute atomic E-state index is 9.56. The third-order valence-electron chi connectivity index (χ3n) is 2.94. The molecule has 0 spiro atoms. The van der Waals surface area contributed by atoms with E-state index < -0.39 is 0 Å². The first-order chi connectivity index (χ1) is 5.75. The van der Waals surface area contributed by atoms with Crippen molar-refractivity contribution in [3.05, 3.63) is 0 Å². The first-order valence-corrected chi connectivity index (χ1v) is 4.88. The lowest BCUT2D eigenvalue weighted by Gasteiger charge is -2.43. The number of likely N-dealkylation sites (tertiary alicyclic amines) is 1. The molecule has 2 saturated heterocycles. The summed E-state index contributed by atoms with van der Waals surface area (Å²) in [6, 6.07) is 0.697. The molecule has 2 heterocycles. The van der Waals surface area contributed by atoms with Gasteiger partial charge in [0.2, 0.25) is 0 Å². The van der Waals surface area contributed by atoms with Gasteiger partial charge in [-0.25, -0.2) is 0 Å². The fourth-order valence-corrected chi connectivity index (χ4v) is 2.19. The highest BCUT2D eigenvalue weighted by molar-refractivity contribution is 4.89. The van der Waals surface area contributed by atoms with Gasteiger partial charge in [-0.05, 0) is 12.3 Å². The Labute approximate surface area is 73.8 Å². The van der Waals surface area contributed by atoms with Crippen molar-refractivity contribution < 1.29 is 5.11 Å². The molecule has 2 N–H and O–H groups in total. The molecule has 0 amide bonds. The molecular formula is C9H18N2O. The molecular weight excluding hydrogens is 152 g/mol. The Balaban J connectivity index is 1.87. The standard InChI is InChI=1S/C9H18N2O/c1-7-2-9(12)6-11(5-7)8-3-10-4-8/h7-10,12H,2-6H2,1H3/t7-,9+/m1/s1. The Bertz CT molecular complexity index is 149. The summed E-state index contributed by atoms with van der Waals surface area (Å²) in [4.78, 5) is 2.43. The van der Waals surface area contributed by atoms with Gasteiger partial charge in [-0.15, -0.1) is 0 Å². The predicted molar refractivity (Wildman–Crippen MR) is 48.0 cm³/mol. The molecule has 0 aromatic rings. The molecule has 0 aromatic carbocycles. The van der Waals surface area contributed by atoms with E-state index in [4.69, 9.17) is 0 Å². The van der Waals surface area contributed by atoms with Crippen molar-refractivity contribution in [3.63, 3.8) is 0 Å². The lowest BCUT2D eigenvalue weighted by molar-refractivity contribution is 0.00926. The van der Waals surface area contributed by atoms with E-state index in [2.05, 4.69) is 17.1 Å². The summed E-state index contributed by atoms with van der Waals surface area (Å²) in [5.74, 6) is 0.661. The number of aliphatic hydroxyl groups is 1. The van der Waals surface area contributed by atoms with Crippen LogP contribution in [0.5, 0.6) is 0 Å². The largest absolute Gasteiger partial charge is 0.392 e. The van der Waals surface area contributed by atoms with Gasteiger partial charge in [-0.1, -0.05) is 6.92 Å². The third-order valence-corrected chi connectivity index (χ3v) is 2.94. The number of rotatable bonds is 1. The van der Waals surface area contributed by atoms with E-state index in [1.807, 2.05) is 0 Å². The van der Waals surface area contributed by atoms with Crippen LogP contribution in [0.3, 0.4) is 0 Å². The number of β-amino-alcohol motifs (C(OH)–C–C–N with tert-alkyl or cyclic N) is 1. The van der Waals surface area contributed by atoms with Crippen molar-refractivity contribution >= 4 is 0 Å². The van der Waals surface area contributed by atoms with Crippen LogP contribution in [0.1, 0.15) is 13.3 Å². The van der Waals surface area contributed by atoms with E-state index in [1.165, 1.54) is 6.54 Å². The maximum atomic E-state index is 9.56. The van der Waals surface area contributed by atoms with Gasteiger partial charge in [-0.2, -0.15) is 0 Å². The Morgan fingerprint density at radius 2 is 2.08 bits per heavy atom. The molecule has 12 heavy (non-hydrogen) atoms. The van der Waals surface area contributed by atoms with Crippen LogP contribution in [0.15, 0.2) is 0 Å². The number of piperidine rings is 1. The zero-order valence-corrected chi connectivity index (χ0v) is 7.66. The Hall–Kier alpha value is -0.120. The molecule has 2 fully saturated rings. The maximum Gasteiger partial charge on any atom is 0.0670 e. The zero-order chi connectivity index (χ0) is 8.55. The molecule has 0 saturated carbocycles. The summed E-state index contributed by atoms with van der Waals surface area (Å²) in [5, 5.41) is 12.8. The van der Waals surface area contributed by atoms with Gasteiger partial charge >= 0.3 is 0 Å². The van der Waals surface area contributed by atoms with Gasteiger partial charge in [0, 0.05) is 32.2 Å². The van der Waals surface area contributed by atoms with Crippen LogP contribution >= 0.6 is 0 Å². The third kappa shape index (κ3) is 1.63. The van der Waals surface area contributed by atoms with Crippen LogP contribution in [0, 0.1) is 5.92 Å². The summed E-state index contributed by atoms with van der Waals surface area (Å²) in [6.45, 7) is 6.50. The van der Waals surface area contributed by atoms with Crippen molar-refractivity contribution in [2.75, 3.05) is 26.2 Å². The first kappa shape index (κ1) is 8.48. The summed E-state index contributed by atoms with van der Waals surface area (Å²) in [6.07, 6.45) is 0.894. The molecule has 3 heteroatoms. The van der Waals surface area contributed by atoms with Crippen LogP contribution in [0.25, 0.3) is 0 Å².